The van der Waals surface area contributed by atoms with Gasteiger partial charge in [0.2, 0.25) is 5.91 Å². The van der Waals surface area contributed by atoms with Crippen LogP contribution in [-0.4, -0.2) is 59.0 Å². The molecule has 9 nitrogen and oxygen atoms in total. The first-order chi connectivity index (χ1) is 25.3. The fraction of sp³-hybridized carbons (Fsp3) is 0.881. The first kappa shape index (κ1) is 50.9. The molecule has 1 amide bonds. The first-order valence-electron chi connectivity index (χ1n) is 21.5. The molecule has 0 aliphatic rings. The van der Waals surface area contributed by atoms with Crippen molar-refractivity contribution in [3.8, 4) is 0 Å². The third-order valence-electron chi connectivity index (χ3n) is 9.58. The summed E-state index contributed by atoms with van der Waals surface area (Å²) in [5.74, 6) is -0.455. The molecule has 10 heteroatoms. The molecule has 0 bridgehead atoms. The average Bonchev–Trinajstić information content (AvgIpc) is 3.12. The van der Waals surface area contributed by atoms with Crippen LogP contribution in [0, 0.1) is 0 Å². The van der Waals surface area contributed by atoms with Gasteiger partial charge in [0.05, 0.1) is 37.9 Å². The summed E-state index contributed by atoms with van der Waals surface area (Å²) in [6, 6.07) is -0.994. The van der Waals surface area contributed by atoms with Crippen molar-refractivity contribution in [3.63, 3.8) is 0 Å². The Morgan fingerprint density at radius 1 is 0.654 bits per heavy atom. The van der Waals surface area contributed by atoms with Gasteiger partial charge in [0.1, 0.15) is 0 Å². The van der Waals surface area contributed by atoms with E-state index in [0.29, 0.717) is 12.8 Å². The second-order valence-electron chi connectivity index (χ2n) is 14.7. The van der Waals surface area contributed by atoms with E-state index < -0.39 is 38.6 Å². The zero-order chi connectivity index (χ0) is 38.4. The number of unbranched alkanes of at least 4 members (excludes halogenated alkanes) is 24. The van der Waals surface area contributed by atoms with Crippen molar-refractivity contribution in [3.05, 3.63) is 24.3 Å². The number of amides is 1. The number of phosphoric ester groups is 1. The summed E-state index contributed by atoms with van der Waals surface area (Å²) in [4.78, 5) is 22.7. The molecule has 0 fully saturated rings. The number of hydrogen-bond acceptors (Lipinski definition) is 7. The predicted octanol–water partition coefficient (Wildman–Crippen LogP) is 10.8. The summed E-state index contributed by atoms with van der Waals surface area (Å²) < 4.78 is 22.0. The Hall–Kier alpha value is -1.06. The van der Waals surface area contributed by atoms with E-state index in [1.54, 1.807) is 6.08 Å². The van der Waals surface area contributed by atoms with Crippen molar-refractivity contribution in [2.75, 3.05) is 19.8 Å². The number of phosphoric acid groups is 1. The summed E-state index contributed by atoms with van der Waals surface area (Å²) in [5, 5.41) is 24.0. The fourth-order valence-electron chi connectivity index (χ4n) is 6.31. The molecule has 0 aliphatic heterocycles. The number of carbonyl (C=O) groups excluding carboxylic acids is 1. The lowest BCUT2D eigenvalue weighted by Gasteiger charge is -2.24. The Morgan fingerprint density at radius 3 is 1.60 bits per heavy atom. The van der Waals surface area contributed by atoms with Gasteiger partial charge in [-0.2, -0.15) is 0 Å². The third-order valence-corrected chi connectivity index (χ3v) is 10.6. The van der Waals surface area contributed by atoms with Crippen LogP contribution in [0.15, 0.2) is 24.3 Å². The van der Waals surface area contributed by atoms with Gasteiger partial charge in [-0.3, -0.25) is 13.8 Å². The van der Waals surface area contributed by atoms with Gasteiger partial charge in [0.25, 0.3) is 0 Å². The highest BCUT2D eigenvalue weighted by molar-refractivity contribution is 7.47. The van der Waals surface area contributed by atoms with E-state index in [2.05, 4.69) is 31.3 Å². The van der Waals surface area contributed by atoms with Crippen LogP contribution in [0.4, 0.5) is 0 Å². The van der Waals surface area contributed by atoms with E-state index in [4.69, 9.17) is 14.8 Å². The van der Waals surface area contributed by atoms with Crippen LogP contribution in [-0.2, 0) is 18.4 Å². The van der Waals surface area contributed by atoms with E-state index in [1.807, 2.05) is 6.08 Å². The van der Waals surface area contributed by atoms with Gasteiger partial charge < -0.3 is 26.2 Å². The fourth-order valence-corrected chi connectivity index (χ4v) is 7.07. The molecular formula is C42H83N2O7P. The standard InChI is InChI=1S/C42H83N2O7P/c1-3-5-7-9-11-13-15-16-17-18-19-20-21-22-24-26-28-30-32-34-41(46)40(38-51-52(48,49)50-36-35-43)44-42(47)37-39(45)33-31-29-27-25-23-14-12-10-8-6-4-2/h24,26,32,34,39-41,45-46H,3-23,25,27-31,33,35-38,43H2,1-2H3,(H,44,47)(H,48,49)/b26-24+,34-32+. The van der Waals surface area contributed by atoms with Gasteiger partial charge in [0, 0.05) is 6.54 Å². The van der Waals surface area contributed by atoms with Crippen molar-refractivity contribution in [1.29, 1.82) is 0 Å². The number of hydrogen-bond donors (Lipinski definition) is 5. The smallest absolute Gasteiger partial charge is 0.393 e. The summed E-state index contributed by atoms with van der Waals surface area (Å²) >= 11 is 0. The average molecular weight is 759 g/mol. The number of aliphatic hydroxyl groups excluding tert-OH is 2. The topological polar surface area (TPSA) is 151 Å². The van der Waals surface area contributed by atoms with E-state index in [9.17, 15) is 24.5 Å². The Bertz CT molecular complexity index is 888. The van der Waals surface area contributed by atoms with Gasteiger partial charge in [0.15, 0.2) is 0 Å². The van der Waals surface area contributed by atoms with Crippen LogP contribution in [0.2, 0.25) is 0 Å². The Balaban J connectivity index is 4.37. The Morgan fingerprint density at radius 2 is 1.10 bits per heavy atom. The quantitative estimate of drug-likeness (QED) is 0.0235. The molecule has 308 valence electrons. The normalized spacial score (nSPS) is 15.0. The number of rotatable bonds is 40. The maximum Gasteiger partial charge on any atom is 0.472 e. The Kier molecular flexibility index (Phi) is 37.4. The molecule has 0 spiro atoms. The summed E-state index contributed by atoms with van der Waals surface area (Å²) in [6.45, 7) is 3.95. The molecular weight excluding hydrogens is 675 g/mol. The third kappa shape index (κ3) is 35.9. The molecule has 0 aliphatic carbocycles. The minimum atomic E-state index is -4.40. The number of nitrogens with one attached hydrogen (secondary N) is 1. The molecule has 0 aromatic heterocycles. The van der Waals surface area contributed by atoms with Crippen LogP contribution < -0.4 is 11.1 Å². The van der Waals surface area contributed by atoms with Crippen LogP contribution in [0.25, 0.3) is 0 Å². The van der Waals surface area contributed by atoms with E-state index in [1.165, 1.54) is 135 Å². The van der Waals surface area contributed by atoms with Crippen LogP contribution in [0.1, 0.15) is 200 Å². The molecule has 0 aromatic carbocycles. The monoisotopic (exact) mass is 759 g/mol. The van der Waals surface area contributed by atoms with Crippen LogP contribution in [0.5, 0.6) is 0 Å². The number of nitrogens with two attached hydrogens (primary N) is 1. The molecule has 0 radical (unpaired) electrons. The molecule has 0 saturated heterocycles. The zero-order valence-corrected chi connectivity index (χ0v) is 34.6. The number of carbonyl (C=O) groups is 1. The van der Waals surface area contributed by atoms with Gasteiger partial charge in [-0.25, -0.2) is 4.57 Å². The lowest BCUT2D eigenvalue weighted by molar-refractivity contribution is -0.124. The van der Waals surface area contributed by atoms with Gasteiger partial charge >= 0.3 is 7.82 Å². The molecule has 4 atom stereocenters. The molecule has 0 saturated carbocycles. The lowest BCUT2D eigenvalue weighted by atomic mass is 10.0. The molecule has 0 aromatic rings. The molecule has 4 unspecified atom stereocenters. The maximum atomic E-state index is 12.8. The second kappa shape index (κ2) is 38.2. The van der Waals surface area contributed by atoms with E-state index in [0.717, 1.165) is 32.1 Å². The SMILES string of the molecule is CCCCCCCCCCCCCCC/C=C/CC/C=C/C(O)C(COP(=O)(O)OCCN)NC(=O)CC(O)CCCCCCCCCCCCC. The summed E-state index contributed by atoms with van der Waals surface area (Å²) in [7, 11) is -4.40. The zero-order valence-electron chi connectivity index (χ0n) is 33.7. The highest BCUT2D eigenvalue weighted by Crippen LogP contribution is 2.43. The first-order valence-corrected chi connectivity index (χ1v) is 23.0. The van der Waals surface area contributed by atoms with Crippen molar-refractivity contribution in [2.45, 2.75) is 218 Å². The van der Waals surface area contributed by atoms with Crippen LogP contribution in [0.3, 0.4) is 0 Å². The molecule has 0 heterocycles. The second-order valence-corrected chi connectivity index (χ2v) is 16.2. The van der Waals surface area contributed by atoms with Gasteiger partial charge in [-0.15, -0.1) is 0 Å². The largest absolute Gasteiger partial charge is 0.472 e. The summed E-state index contributed by atoms with van der Waals surface area (Å²) in [5.41, 5.74) is 5.35. The van der Waals surface area contributed by atoms with E-state index >= 15 is 0 Å². The van der Waals surface area contributed by atoms with Crippen molar-refractivity contribution < 1.29 is 33.5 Å². The maximum absolute atomic E-state index is 12.8. The van der Waals surface area contributed by atoms with Crippen molar-refractivity contribution in [1.82, 2.24) is 5.32 Å². The number of allylic oxidation sites excluding steroid dienone is 3. The highest BCUT2D eigenvalue weighted by atomic mass is 31.2. The highest BCUT2D eigenvalue weighted by Gasteiger charge is 2.27. The molecule has 0 rings (SSSR count). The van der Waals surface area contributed by atoms with Crippen LogP contribution >= 0.6 is 7.82 Å². The summed E-state index contributed by atoms with van der Waals surface area (Å²) in [6.07, 6.45) is 39.8. The van der Waals surface area contributed by atoms with E-state index in [-0.39, 0.29) is 19.6 Å². The van der Waals surface area contributed by atoms with Gasteiger partial charge in [-0.1, -0.05) is 186 Å². The van der Waals surface area contributed by atoms with Crippen molar-refractivity contribution >= 4 is 13.7 Å². The van der Waals surface area contributed by atoms with Gasteiger partial charge in [-0.05, 0) is 32.1 Å². The van der Waals surface area contributed by atoms with Crippen molar-refractivity contribution in [2.24, 2.45) is 5.73 Å². The minimum absolute atomic E-state index is 0.0459. The number of aliphatic hydroxyl groups is 2. The molecule has 52 heavy (non-hydrogen) atoms. The Labute approximate surface area is 320 Å². The predicted molar refractivity (Wildman–Crippen MR) is 218 cm³/mol. The lowest BCUT2D eigenvalue weighted by Crippen LogP contribution is -2.46. The minimum Gasteiger partial charge on any atom is -0.393 e. The molecule has 6 N–H and O–H groups in total.